The smallest absolute Gasteiger partial charge is 0.0897 e. The molecule has 1 aliphatic rings. The van der Waals surface area contributed by atoms with Crippen molar-refractivity contribution in [2.75, 3.05) is 33.8 Å². The van der Waals surface area contributed by atoms with Crippen LogP contribution in [0.1, 0.15) is 46.5 Å². The number of nitrogens with one attached hydrogen (secondary N) is 1. The Morgan fingerprint density at radius 3 is 2.65 bits per heavy atom. The van der Waals surface area contributed by atoms with Crippen LogP contribution in [-0.4, -0.2) is 61.5 Å². The molecule has 0 saturated heterocycles. The highest BCUT2D eigenvalue weighted by Gasteiger charge is 2.36. The first kappa shape index (κ1) is 17.9. The molecule has 4 heteroatoms. The Morgan fingerprint density at radius 1 is 1.40 bits per heavy atom. The van der Waals surface area contributed by atoms with Crippen LogP contribution >= 0.6 is 0 Å². The SMILES string of the molecule is CC1CCCC(CNCC(O)COC(C)C)(N(C)C)C1. The molecular formula is C16H34N2O2. The average molecular weight is 286 g/mol. The van der Waals surface area contributed by atoms with Crippen molar-refractivity contribution in [3.8, 4) is 0 Å². The van der Waals surface area contributed by atoms with Crippen molar-refractivity contribution in [3.05, 3.63) is 0 Å². The van der Waals surface area contributed by atoms with Crippen molar-refractivity contribution in [1.82, 2.24) is 10.2 Å². The van der Waals surface area contributed by atoms with Gasteiger partial charge in [-0.2, -0.15) is 0 Å². The molecule has 1 saturated carbocycles. The summed E-state index contributed by atoms with van der Waals surface area (Å²) in [6.07, 6.45) is 4.90. The van der Waals surface area contributed by atoms with Crippen LogP contribution in [0.4, 0.5) is 0 Å². The summed E-state index contributed by atoms with van der Waals surface area (Å²) in [6.45, 7) is 8.30. The molecule has 0 aromatic rings. The van der Waals surface area contributed by atoms with Crippen LogP contribution in [0.5, 0.6) is 0 Å². The van der Waals surface area contributed by atoms with Crippen LogP contribution < -0.4 is 5.32 Å². The summed E-state index contributed by atoms with van der Waals surface area (Å²) >= 11 is 0. The molecule has 2 N–H and O–H groups in total. The minimum absolute atomic E-state index is 0.178. The first-order valence-corrected chi connectivity index (χ1v) is 8.03. The van der Waals surface area contributed by atoms with Gasteiger partial charge in [0.2, 0.25) is 0 Å². The van der Waals surface area contributed by atoms with Gasteiger partial charge in [-0.3, -0.25) is 0 Å². The van der Waals surface area contributed by atoms with E-state index in [1.807, 2.05) is 13.8 Å². The molecule has 1 fully saturated rings. The summed E-state index contributed by atoms with van der Waals surface area (Å²) in [5.41, 5.74) is 0.246. The Balaban J connectivity index is 2.36. The molecule has 3 atom stereocenters. The van der Waals surface area contributed by atoms with E-state index in [0.717, 1.165) is 12.5 Å². The van der Waals surface area contributed by atoms with Gasteiger partial charge in [-0.1, -0.05) is 19.8 Å². The van der Waals surface area contributed by atoms with Gasteiger partial charge >= 0.3 is 0 Å². The van der Waals surface area contributed by atoms with E-state index in [4.69, 9.17) is 4.74 Å². The van der Waals surface area contributed by atoms with Crippen LogP contribution in [0.2, 0.25) is 0 Å². The number of nitrogens with zero attached hydrogens (tertiary/aromatic N) is 1. The third-order valence-electron chi connectivity index (χ3n) is 4.47. The normalized spacial score (nSPS) is 29.1. The van der Waals surface area contributed by atoms with E-state index in [1.165, 1.54) is 25.7 Å². The number of aliphatic hydroxyl groups excluding tert-OH is 1. The first-order valence-electron chi connectivity index (χ1n) is 8.03. The number of hydrogen-bond donors (Lipinski definition) is 2. The monoisotopic (exact) mass is 286 g/mol. The molecule has 0 heterocycles. The van der Waals surface area contributed by atoms with Crippen molar-refractivity contribution < 1.29 is 9.84 Å². The molecular weight excluding hydrogens is 252 g/mol. The fourth-order valence-corrected chi connectivity index (χ4v) is 3.19. The van der Waals surface area contributed by atoms with Crippen LogP contribution in [0.15, 0.2) is 0 Å². The number of hydrogen-bond acceptors (Lipinski definition) is 4. The van der Waals surface area contributed by atoms with Crippen LogP contribution in [0.25, 0.3) is 0 Å². The number of rotatable bonds is 8. The molecule has 120 valence electrons. The molecule has 1 aliphatic carbocycles. The number of aliphatic hydroxyl groups is 1. The molecule has 1 rings (SSSR count). The largest absolute Gasteiger partial charge is 0.389 e. The fraction of sp³-hybridized carbons (Fsp3) is 1.00. The minimum Gasteiger partial charge on any atom is -0.389 e. The lowest BCUT2D eigenvalue weighted by Gasteiger charge is -2.45. The van der Waals surface area contributed by atoms with E-state index in [1.54, 1.807) is 0 Å². The second kappa shape index (κ2) is 8.32. The van der Waals surface area contributed by atoms with Gasteiger partial charge in [0.1, 0.15) is 0 Å². The zero-order valence-electron chi connectivity index (χ0n) is 14.0. The molecule has 0 bridgehead atoms. The topological polar surface area (TPSA) is 44.7 Å². The molecule has 0 spiro atoms. The van der Waals surface area contributed by atoms with E-state index in [-0.39, 0.29) is 11.6 Å². The highest BCUT2D eigenvalue weighted by molar-refractivity contribution is 4.94. The Bertz CT molecular complexity index is 271. The molecule has 0 aliphatic heterocycles. The Morgan fingerprint density at radius 2 is 2.10 bits per heavy atom. The van der Waals surface area contributed by atoms with Crippen molar-refractivity contribution in [3.63, 3.8) is 0 Å². The van der Waals surface area contributed by atoms with Crippen LogP contribution in [0.3, 0.4) is 0 Å². The summed E-state index contributed by atoms with van der Waals surface area (Å²) in [7, 11) is 4.36. The highest BCUT2D eigenvalue weighted by Crippen LogP contribution is 2.35. The summed E-state index contributed by atoms with van der Waals surface area (Å²) in [5, 5.41) is 13.4. The van der Waals surface area contributed by atoms with Crippen molar-refractivity contribution >= 4 is 0 Å². The third-order valence-corrected chi connectivity index (χ3v) is 4.47. The second-order valence-electron chi connectivity index (χ2n) is 6.99. The van der Waals surface area contributed by atoms with Gasteiger partial charge in [0, 0.05) is 18.6 Å². The molecule has 4 nitrogen and oxygen atoms in total. The lowest BCUT2D eigenvalue weighted by atomic mass is 9.75. The van der Waals surface area contributed by atoms with Crippen molar-refractivity contribution in [1.29, 1.82) is 0 Å². The standard InChI is InChI=1S/C16H34N2O2/c1-13(2)20-11-15(19)10-17-12-16(18(4)5)8-6-7-14(3)9-16/h13-15,17,19H,6-12H2,1-5H3. The zero-order valence-corrected chi connectivity index (χ0v) is 14.0. The van der Waals surface area contributed by atoms with E-state index in [2.05, 4.69) is 31.2 Å². The molecule has 0 aromatic heterocycles. The summed E-state index contributed by atoms with van der Waals surface area (Å²) in [4.78, 5) is 2.37. The molecule has 0 radical (unpaired) electrons. The summed E-state index contributed by atoms with van der Waals surface area (Å²) in [6, 6.07) is 0. The van der Waals surface area contributed by atoms with Gasteiger partial charge < -0.3 is 20.1 Å². The lowest BCUT2D eigenvalue weighted by Crippen LogP contribution is -2.55. The van der Waals surface area contributed by atoms with Gasteiger partial charge in [0.25, 0.3) is 0 Å². The van der Waals surface area contributed by atoms with Crippen molar-refractivity contribution in [2.45, 2.75) is 64.2 Å². The minimum atomic E-state index is -0.419. The second-order valence-corrected chi connectivity index (χ2v) is 6.99. The van der Waals surface area contributed by atoms with Gasteiger partial charge in [-0.15, -0.1) is 0 Å². The van der Waals surface area contributed by atoms with Crippen LogP contribution in [-0.2, 0) is 4.74 Å². The third kappa shape index (κ3) is 5.68. The molecule has 0 amide bonds. The van der Waals surface area contributed by atoms with Crippen molar-refractivity contribution in [2.24, 2.45) is 5.92 Å². The van der Waals surface area contributed by atoms with Gasteiger partial charge in [0.05, 0.1) is 18.8 Å². The van der Waals surface area contributed by atoms with E-state index in [9.17, 15) is 5.11 Å². The van der Waals surface area contributed by atoms with Crippen LogP contribution in [0, 0.1) is 5.92 Å². The average Bonchev–Trinajstić information content (AvgIpc) is 2.36. The predicted molar refractivity (Wildman–Crippen MR) is 84.0 cm³/mol. The summed E-state index contributed by atoms with van der Waals surface area (Å²) < 4.78 is 5.44. The fourth-order valence-electron chi connectivity index (χ4n) is 3.19. The number of ether oxygens (including phenoxy) is 1. The lowest BCUT2D eigenvalue weighted by molar-refractivity contribution is 0.00336. The molecule has 0 aromatic carbocycles. The van der Waals surface area contributed by atoms with E-state index in [0.29, 0.717) is 13.2 Å². The Kier molecular flexibility index (Phi) is 7.45. The maximum Gasteiger partial charge on any atom is 0.0897 e. The number of likely N-dealkylation sites (N-methyl/N-ethyl adjacent to an activating group) is 1. The molecule has 20 heavy (non-hydrogen) atoms. The van der Waals surface area contributed by atoms with Gasteiger partial charge in [-0.25, -0.2) is 0 Å². The predicted octanol–water partition coefficient (Wildman–Crippen LogP) is 1.87. The maximum atomic E-state index is 9.90. The molecule has 3 unspecified atom stereocenters. The zero-order chi connectivity index (χ0) is 15.2. The maximum absolute atomic E-state index is 9.90. The Hall–Kier alpha value is -0.160. The van der Waals surface area contributed by atoms with Gasteiger partial charge in [-0.05, 0) is 46.7 Å². The quantitative estimate of drug-likeness (QED) is 0.715. The first-order chi connectivity index (χ1) is 9.35. The van der Waals surface area contributed by atoms with E-state index < -0.39 is 6.10 Å². The Labute approximate surface area is 124 Å². The van der Waals surface area contributed by atoms with Gasteiger partial charge in [0.15, 0.2) is 0 Å². The summed E-state index contributed by atoms with van der Waals surface area (Å²) in [5.74, 6) is 0.794. The highest BCUT2D eigenvalue weighted by atomic mass is 16.5. The van der Waals surface area contributed by atoms with E-state index >= 15 is 0 Å².